The van der Waals surface area contributed by atoms with Gasteiger partial charge in [0.15, 0.2) is 0 Å². The van der Waals surface area contributed by atoms with Crippen LogP contribution in [0.3, 0.4) is 0 Å². The first-order chi connectivity index (χ1) is 8.22. The second kappa shape index (κ2) is 4.38. The molecule has 0 amide bonds. The van der Waals surface area contributed by atoms with Gasteiger partial charge in [0, 0.05) is 17.5 Å². The average molecular weight is 311 g/mol. The first kappa shape index (κ1) is 11.2. The molecule has 3 rings (SSSR count). The van der Waals surface area contributed by atoms with Gasteiger partial charge in [-0.25, -0.2) is 0 Å². The van der Waals surface area contributed by atoms with E-state index >= 15 is 0 Å². The number of halogens is 1. The summed E-state index contributed by atoms with van der Waals surface area (Å²) in [6, 6.07) is 5.98. The quantitative estimate of drug-likeness (QED) is 0.848. The molecule has 1 saturated carbocycles. The molecular weight excluding hydrogens is 300 g/mol. The van der Waals surface area contributed by atoms with Crippen molar-refractivity contribution in [2.45, 2.75) is 25.7 Å². The first-order valence-electron chi connectivity index (χ1n) is 5.50. The van der Waals surface area contributed by atoms with Crippen molar-refractivity contribution in [1.82, 2.24) is 9.36 Å². The maximum absolute atomic E-state index is 5.72. The topological polar surface area (TPSA) is 35.0 Å². The third-order valence-corrected chi connectivity index (χ3v) is 3.88. The van der Waals surface area contributed by atoms with Crippen LogP contribution < -0.4 is 4.74 Å². The summed E-state index contributed by atoms with van der Waals surface area (Å²) in [7, 11) is 0. The highest BCUT2D eigenvalue weighted by Gasteiger charge is 2.28. The van der Waals surface area contributed by atoms with Gasteiger partial charge in [0.1, 0.15) is 11.6 Å². The normalized spacial score (nSPS) is 14.9. The number of hydrogen-bond donors (Lipinski definition) is 0. The zero-order chi connectivity index (χ0) is 11.8. The lowest BCUT2D eigenvalue weighted by Crippen LogP contribution is -1.87. The molecule has 1 aromatic heterocycles. The van der Waals surface area contributed by atoms with Crippen LogP contribution in [0.25, 0.3) is 0 Å². The Kier molecular flexibility index (Phi) is 2.88. The minimum atomic E-state index is 0.574. The summed E-state index contributed by atoms with van der Waals surface area (Å²) >= 11 is 4.81. The summed E-state index contributed by atoms with van der Waals surface area (Å²) in [5.41, 5.74) is 1.19. The summed E-state index contributed by atoms with van der Waals surface area (Å²) in [6.45, 7) is 2.05. The monoisotopic (exact) mass is 310 g/mol. The minimum Gasteiger partial charge on any atom is -0.429 e. The van der Waals surface area contributed by atoms with Crippen LogP contribution >= 0.6 is 27.5 Å². The van der Waals surface area contributed by atoms with E-state index < -0.39 is 0 Å². The summed E-state index contributed by atoms with van der Waals surface area (Å²) in [5, 5.41) is 0.622. The van der Waals surface area contributed by atoms with Gasteiger partial charge in [0.05, 0.1) is 4.47 Å². The second-order valence-electron chi connectivity index (χ2n) is 4.23. The van der Waals surface area contributed by atoms with E-state index in [1.54, 1.807) is 0 Å². The van der Waals surface area contributed by atoms with E-state index in [0.717, 1.165) is 16.0 Å². The third kappa shape index (κ3) is 2.50. The van der Waals surface area contributed by atoms with E-state index in [2.05, 4.69) is 25.3 Å². The van der Waals surface area contributed by atoms with Crippen LogP contribution in [0.1, 0.15) is 30.1 Å². The van der Waals surface area contributed by atoms with Crippen LogP contribution in [0.2, 0.25) is 0 Å². The maximum atomic E-state index is 5.72. The fourth-order valence-corrected chi connectivity index (χ4v) is 2.75. The Balaban J connectivity index is 1.80. The minimum absolute atomic E-state index is 0.574. The van der Waals surface area contributed by atoms with Crippen molar-refractivity contribution in [2.75, 3.05) is 0 Å². The maximum Gasteiger partial charge on any atom is 0.298 e. The molecule has 1 fully saturated rings. The Bertz CT molecular complexity index is 551. The van der Waals surface area contributed by atoms with Gasteiger partial charge in [-0.15, -0.1) is 0 Å². The van der Waals surface area contributed by atoms with Crippen molar-refractivity contribution in [1.29, 1.82) is 0 Å². The standard InChI is InChI=1S/C12H11BrN2OS/c1-7-2-5-10(9(13)6-7)16-12-14-11(15-17-12)8-3-4-8/h2,5-6,8H,3-4H2,1H3. The van der Waals surface area contributed by atoms with Gasteiger partial charge in [-0.05, 0) is 53.4 Å². The van der Waals surface area contributed by atoms with E-state index in [1.807, 2.05) is 25.1 Å². The first-order valence-corrected chi connectivity index (χ1v) is 7.06. The number of ether oxygens (including phenoxy) is 1. The molecule has 3 nitrogen and oxygen atoms in total. The van der Waals surface area contributed by atoms with Crippen LogP contribution in [0, 0.1) is 6.92 Å². The molecule has 0 atom stereocenters. The Labute approximate surface area is 112 Å². The number of nitrogens with zero attached hydrogens (tertiary/aromatic N) is 2. The average Bonchev–Trinajstić information content (AvgIpc) is 3.04. The largest absolute Gasteiger partial charge is 0.429 e. The van der Waals surface area contributed by atoms with Gasteiger partial charge in [0.2, 0.25) is 0 Å². The molecule has 0 spiro atoms. The van der Waals surface area contributed by atoms with Gasteiger partial charge in [-0.3, -0.25) is 0 Å². The predicted molar refractivity (Wildman–Crippen MR) is 70.8 cm³/mol. The van der Waals surface area contributed by atoms with Gasteiger partial charge in [-0.2, -0.15) is 9.36 Å². The molecule has 17 heavy (non-hydrogen) atoms. The van der Waals surface area contributed by atoms with E-state index in [-0.39, 0.29) is 0 Å². The Morgan fingerprint density at radius 1 is 1.41 bits per heavy atom. The lowest BCUT2D eigenvalue weighted by molar-refractivity contribution is 0.474. The van der Waals surface area contributed by atoms with Crippen molar-refractivity contribution in [3.8, 4) is 10.9 Å². The molecule has 5 heteroatoms. The molecule has 88 valence electrons. The third-order valence-electron chi connectivity index (χ3n) is 2.65. The lowest BCUT2D eigenvalue weighted by Gasteiger charge is -2.04. The molecule has 0 aliphatic heterocycles. The SMILES string of the molecule is Cc1ccc(Oc2nc(C3CC3)ns2)c(Br)c1. The molecule has 0 saturated heterocycles. The van der Waals surface area contributed by atoms with Gasteiger partial charge < -0.3 is 4.74 Å². The number of rotatable bonds is 3. The van der Waals surface area contributed by atoms with Crippen LogP contribution in [-0.2, 0) is 0 Å². The number of hydrogen-bond acceptors (Lipinski definition) is 4. The molecule has 0 unspecified atom stereocenters. The zero-order valence-electron chi connectivity index (χ0n) is 9.31. The van der Waals surface area contributed by atoms with Crippen molar-refractivity contribution in [3.05, 3.63) is 34.1 Å². The Morgan fingerprint density at radius 3 is 2.94 bits per heavy atom. The lowest BCUT2D eigenvalue weighted by atomic mass is 10.2. The highest BCUT2D eigenvalue weighted by molar-refractivity contribution is 9.10. The number of benzene rings is 1. The molecule has 2 aromatic rings. The molecule has 1 aliphatic rings. The van der Waals surface area contributed by atoms with Crippen LogP contribution in [0.5, 0.6) is 10.9 Å². The number of aromatic nitrogens is 2. The van der Waals surface area contributed by atoms with E-state index in [9.17, 15) is 0 Å². The van der Waals surface area contributed by atoms with Gasteiger partial charge >= 0.3 is 0 Å². The van der Waals surface area contributed by atoms with Crippen LogP contribution in [-0.4, -0.2) is 9.36 Å². The highest BCUT2D eigenvalue weighted by Crippen LogP contribution is 2.40. The molecule has 0 bridgehead atoms. The fraction of sp³-hybridized carbons (Fsp3) is 0.333. The smallest absolute Gasteiger partial charge is 0.298 e. The van der Waals surface area contributed by atoms with Crippen molar-refractivity contribution in [2.24, 2.45) is 0 Å². The van der Waals surface area contributed by atoms with E-state index in [0.29, 0.717) is 11.1 Å². The Morgan fingerprint density at radius 2 is 2.24 bits per heavy atom. The molecule has 1 aromatic carbocycles. The Hall–Kier alpha value is -0.940. The van der Waals surface area contributed by atoms with E-state index in [1.165, 1.54) is 29.9 Å². The summed E-state index contributed by atoms with van der Waals surface area (Å²) in [6.07, 6.45) is 2.43. The molecular formula is C12H11BrN2OS. The molecule has 0 radical (unpaired) electrons. The predicted octanol–water partition coefficient (Wildman–Crippen LogP) is 4.28. The molecule has 1 heterocycles. The van der Waals surface area contributed by atoms with Crippen molar-refractivity contribution < 1.29 is 4.74 Å². The van der Waals surface area contributed by atoms with Crippen molar-refractivity contribution >= 4 is 27.5 Å². The van der Waals surface area contributed by atoms with Crippen LogP contribution in [0.4, 0.5) is 0 Å². The summed E-state index contributed by atoms with van der Waals surface area (Å²) < 4.78 is 11.0. The molecule has 1 aliphatic carbocycles. The summed E-state index contributed by atoms with van der Waals surface area (Å²) in [4.78, 5) is 4.40. The zero-order valence-corrected chi connectivity index (χ0v) is 11.7. The van der Waals surface area contributed by atoms with E-state index in [4.69, 9.17) is 4.74 Å². The van der Waals surface area contributed by atoms with Gasteiger partial charge in [-0.1, -0.05) is 6.07 Å². The highest BCUT2D eigenvalue weighted by atomic mass is 79.9. The molecule has 0 N–H and O–H groups in total. The summed E-state index contributed by atoms with van der Waals surface area (Å²) in [5.74, 6) is 2.30. The van der Waals surface area contributed by atoms with Gasteiger partial charge in [0.25, 0.3) is 5.19 Å². The fourth-order valence-electron chi connectivity index (χ4n) is 1.55. The second-order valence-corrected chi connectivity index (χ2v) is 5.80. The van der Waals surface area contributed by atoms with Crippen LogP contribution in [0.15, 0.2) is 22.7 Å². The number of aryl methyl sites for hydroxylation is 1. The van der Waals surface area contributed by atoms with Crippen molar-refractivity contribution in [3.63, 3.8) is 0 Å².